The van der Waals surface area contributed by atoms with Gasteiger partial charge >= 0.3 is 18.0 Å². The second-order valence-corrected chi connectivity index (χ2v) is 18.3. The molecule has 0 heterocycles. The molecule has 0 saturated carbocycles. The summed E-state index contributed by atoms with van der Waals surface area (Å²) in [4.78, 5) is 40.1. The van der Waals surface area contributed by atoms with E-state index < -0.39 is 5.60 Å². The Morgan fingerprint density at radius 1 is 0.448 bits per heavy atom. The van der Waals surface area contributed by atoms with Crippen LogP contribution in [0.4, 0.5) is 4.79 Å². The van der Waals surface area contributed by atoms with Gasteiger partial charge in [-0.2, -0.15) is 0 Å². The molecule has 8 nitrogen and oxygen atoms in total. The van der Waals surface area contributed by atoms with Gasteiger partial charge in [0, 0.05) is 6.54 Å². The second-order valence-electron chi connectivity index (χ2n) is 18.3. The van der Waals surface area contributed by atoms with E-state index in [1.165, 1.54) is 103 Å². The largest absolute Gasteiger partial charge is 0.465 e. The standard InChI is InChI=1S/C50H98N2O6/c1-8-12-16-28-37-45(35-14-10-3)47(53)56-43-32-26-22-18-20-24-30-40-52(42-34-39-51-49(55)58-50(5,6)7)41-31-25-21-19-23-27-33-44-57-48(54)46(36-15-11-4)38-29-17-13-9-2/h45-46H,8-44H2,1-7H3,(H,51,55). The van der Waals surface area contributed by atoms with Crippen molar-refractivity contribution in [1.82, 2.24) is 10.2 Å². The number of unbranched alkanes of at least 4 members (excludes halogenated alkanes) is 20. The molecule has 1 N–H and O–H groups in total. The molecule has 2 atom stereocenters. The summed E-state index contributed by atoms with van der Waals surface area (Å²) in [6.45, 7) is 19.5. The highest BCUT2D eigenvalue weighted by Crippen LogP contribution is 2.21. The van der Waals surface area contributed by atoms with Crippen LogP contribution in [0.25, 0.3) is 0 Å². The van der Waals surface area contributed by atoms with Crippen LogP contribution in [0.3, 0.4) is 0 Å². The molecule has 0 aliphatic heterocycles. The van der Waals surface area contributed by atoms with Crippen molar-refractivity contribution in [2.75, 3.05) is 39.4 Å². The number of alkyl carbamates (subject to hydrolysis) is 1. The molecule has 0 aromatic carbocycles. The van der Waals surface area contributed by atoms with Crippen molar-refractivity contribution in [3.63, 3.8) is 0 Å². The summed E-state index contributed by atoms with van der Waals surface area (Å²) in [7, 11) is 0. The molecular formula is C50H98N2O6. The van der Waals surface area contributed by atoms with Crippen LogP contribution in [-0.4, -0.2) is 67.9 Å². The molecule has 0 aliphatic carbocycles. The Hall–Kier alpha value is -1.83. The molecule has 58 heavy (non-hydrogen) atoms. The molecule has 0 fully saturated rings. The Bertz CT molecular complexity index is 882. The lowest BCUT2D eigenvalue weighted by Gasteiger charge is -2.23. The number of rotatable bonds is 42. The highest BCUT2D eigenvalue weighted by molar-refractivity contribution is 5.72. The van der Waals surface area contributed by atoms with E-state index in [-0.39, 0.29) is 29.9 Å². The van der Waals surface area contributed by atoms with E-state index >= 15 is 0 Å². The Kier molecular flexibility index (Phi) is 39.3. The third-order valence-electron chi connectivity index (χ3n) is 11.3. The summed E-state index contributed by atoms with van der Waals surface area (Å²) in [5.41, 5.74) is -0.481. The van der Waals surface area contributed by atoms with Crippen LogP contribution in [0.1, 0.15) is 248 Å². The molecule has 0 aliphatic rings. The number of hydrogen-bond acceptors (Lipinski definition) is 7. The predicted molar refractivity (Wildman–Crippen MR) is 245 cm³/mol. The van der Waals surface area contributed by atoms with Crippen molar-refractivity contribution in [3.05, 3.63) is 0 Å². The minimum absolute atomic E-state index is 0.0422. The summed E-state index contributed by atoms with van der Waals surface area (Å²) < 4.78 is 16.9. The topological polar surface area (TPSA) is 94.2 Å². The first-order chi connectivity index (χ1) is 28.1. The van der Waals surface area contributed by atoms with Crippen LogP contribution in [0, 0.1) is 11.8 Å². The van der Waals surface area contributed by atoms with Crippen LogP contribution < -0.4 is 5.32 Å². The zero-order valence-electron chi connectivity index (χ0n) is 39.7. The predicted octanol–water partition coefficient (Wildman–Crippen LogP) is 14.3. The average molecular weight is 823 g/mol. The maximum atomic E-state index is 12.7. The van der Waals surface area contributed by atoms with Gasteiger partial charge in [0.15, 0.2) is 0 Å². The van der Waals surface area contributed by atoms with Gasteiger partial charge in [0.1, 0.15) is 5.60 Å². The first-order valence-electron chi connectivity index (χ1n) is 25.1. The summed E-state index contributed by atoms with van der Waals surface area (Å²) in [6, 6.07) is 0. The molecule has 0 bridgehead atoms. The summed E-state index contributed by atoms with van der Waals surface area (Å²) in [5, 5.41) is 2.92. The van der Waals surface area contributed by atoms with Crippen molar-refractivity contribution in [2.45, 2.75) is 253 Å². The molecule has 344 valence electrons. The van der Waals surface area contributed by atoms with E-state index in [2.05, 4.69) is 37.9 Å². The summed E-state index contributed by atoms with van der Waals surface area (Å²) in [5.74, 6) is 0.272. The number of carbonyl (C=O) groups is 3. The van der Waals surface area contributed by atoms with Crippen LogP contribution in [-0.2, 0) is 23.8 Å². The minimum atomic E-state index is -0.481. The van der Waals surface area contributed by atoms with Gasteiger partial charge in [0.05, 0.1) is 25.0 Å². The van der Waals surface area contributed by atoms with Crippen LogP contribution in [0.5, 0.6) is 0 Å². The highest BCUT2D eigenvalue weighted by atomic mass is 16.6. The Morgan fingerprint density at radius 2 is 0.793 bits per heavy atom. The maximum absolute atomic E-state index is 12.7. The Morgan fingerprint density at radius 3 is 1.19 bits per heavy atom. The number of ether oxygens (including phenoxy) is 3. The van der Waals surface area contributed by atoms with E-state index in [0.29, 0.717) is 19.8 Å². The van der Waals surface area contributed by atoms with Gasteiger partial charge in [-0.15, -0.1) is 0 Å². The summed E-state index contributed by atoms with van der Waals surface area (Å²) in [6.07, 6.45) is 35.2. The van der Waals surface area contributed by atoms with E-state index in [1.54, 1.807) is 0 Å². The quantitative estimate of drug-likeness (QED) is 0.0372. The van der Waals surface area contributed by atoms with Crippen LogP contribution in [0.15, 0.2) is 0 Å². The maximum Gasteiger partial charge on any atom is 0.407 e. The van der Waals surface area contributed by atoms with Gasteiger partial charge < -0.3 is 24.4 Å². The molecule has 0 aromatic heterocycles. The second kappa shape index (κ2) is 40.6. The van der Waals surface area contributed by atoms with Gasteiger partial charge in [-0.05, 0) is 98.2 Å². The fourth-order valence-corrected chi connectivity index (χ4v) is 7.66. The Labute approximate surface area is 360 Å². The number of nitrogens with one attached hydrogen (secondary N) is 1. The molecule has 8 heteroatoms. The SMILES string of the molecule is CCCCCCC(CCCC)C(=O)OCCCCCCCCCN(CCCCCCCCCOC(=O)C(CCCC)CCCCCC)CCCNC(=O)OC(C)(C)C. The fraction of sp³-hybridized carbons (Fsp3) is 0.940. The number of nitrogens with zero attached hydrogens (tertiary/aromatic N) is 1. The first-order valence-corrected chi connectivity index (χ1v) is 25.1. The van der Waals surface area contributed by atoms with Gasteiger partial charge in [0.25, 0.3) is 0 Å². The van der Waals surface area contributed by atoms with Crippen molar-refractivity contribution < 1.29 is 28.6 Å². The van der Waals surface area contributed by atoms with Gasteiger partial charge in [-0.25, -0.2) is 4.79 Å². The summed E-state index contributed by atoms with van der Waals surface area (Å²) >= 11 is 0. The number of amides is 1. The normalized spacial score (nSPS) is 12.8. The monoisotopic (exact) mass is 823 g/mol. The molecule has 0 saturated heterocycles. The van der Waals surface area contributed by atoms with Crippen molar-refractivity contribution >= 4 is 18.0 Å². The third-order valence-corrected chi connectivity index (χ3v) is 11.3. The number of carbonyl (C=O) groups excluding carboxylic acids is 3. The van der Waals surface area contributed by atoms with Crippen molar-refractivity contribution in [3.8, 4) is 0 Å². The van der Waals surface area contributed by atoms with Crippen LogP contribution >= 0.6 is 0 Å². The first kappa shape index (κ1) is 56.2. The lowest BCUT2D eigenvalue weighted by molar-refractivity contribution is -0.150. The lowest BCUT2D eigenvalue weighted by atomic mass is 9.95. The molecule has 0 radical (unpaired) electrons. The molecule has 1 amide bonds. The zero-order valence-corrected chi connectivity index (χ0v) is 39.7. The highest BCUT2D eigenvalue weighted by Gasteiger charge is 2.20. The van der Waals surface area contributed by atoms with Crippen LogP contribution in [0.2, 0.25) is 0 Å². The molecule has 0 rings (SSSR count). The minimum Gasteiger partial charge on any atom is -0.465 e. The third kappa shape index (κ3) is 37.2. The van der Waals surface area contributed by atoms with E-state index in [0.717, 1.165) is 116 Å². The van der Waals surface area contributed by atoms with Crippen molar-refractivity contribution in [2.24, 2.45) is 11.8 Å². The molecule has 0 aromatic rings. The van der Waals surface area contributed by atoms with Gasteiger partial charge in [-0.3, -0.25) is 9.59 Å². The Balaban J connectivity index is 4.36. The average Bonchev–Trinajstić information content (AvgIpc) is 3.19. The molecule has 2 unspecified atom stereocenters. The molecule has 0 spiro atoms. The fourth-order valence-electron chi connectivity index (χ4n) is 7.66. The van der Waals surface area contributed by atoms with Crippen molar-refractivity contribution in [1.29, 1.82) is 0 Å². The smallest absolute Gasteiger partial charge is 0.407 e. The molecular weight excluding hydrogens is 725 g/mol. The zero-order chi connectivity index (χ0) is 43.0. The van der Waals surface area contributed by atoms with Gasteiger partial charge in [-0.1, -0.05) is 169 Å². The van der Waals surface area contributed by atoms with E-state index in [1.807, 2.05) is 20.8 Å². The lowest BCUT2D eigenvalue weighted by Crippen LogP contribution is -2.35. The number of esters is 2. The van der Waals surface area contributed by atoms with E-state index in [9.17, 15) is 14.4 Å². The van der Waals surface area contributed by atoms with E-state index in [4.69, 9.17) is 14.2 Å². The number of hydrogen-bond donors (Lipinski definition) is 1. The van der Waals surface area contributed by atoms with Gasteiger partial charge in [0.2, 0.25) is 0 Å².